The summed E-state index contributed by atoms with van der Waals surface area (Å²) in [6.07, 6.45) is 2.91. The molecule has 6 nitrogen and oxygen atoms in total. The van der Waals surface area contributed by atoms with Crippen LogP contribution in [-0.2, 0) is 27.2 Å². The van der Waals surface area contributed by atoms with Crippen molar-refractivity contribution in [3.8, 4) is 0 Å². The van der Waals surface area contributed by atoms with E-state index in [-0.39, 0.29) is 17.9 Å². The minimum Gasteiger partial charge on any atom is -0.376 e. The van der Waals surface area contributed by atoms with Crippen LogP contribution in [0.5, 0.6) is 0 Å². The Labute approximate surface area is 207 Å². The molecule has 3 aromatic rings. The molecule has 0 aliphatic carbocycles. The predicted molar refractivity (Wildman–Crippen MR) is 139 cm³/mol. The van der Waals surface area contributed by atoms with Crippen molar-refractivity contribution < 1.29 is 14.3 Å². The number of carbonyl (C=O) groups is 2. The van der Waals surface area contributed by atoms with E-state index in [4.69, 9.17) is 4.74 Å². The Kier molecular flexibility index (Phi) is 8.16. The second-order valence-electron chi connectivity index (χ2n) is 9.54. The molecule has 4 rings (SSSR count). The van der Waals surface area contributed by atoms with Crippen LogP contribution in [-0.4, -0.2) is 49.7 Å². The van der Waals surface area contributed by atoms with Crippen molar-refractivity contribution in [1.82, 2.24) is 16.0 Å². The van der Waals surface area contributed by atoms with Gasteiger partial charge in [-0.2, -0.15) is 0 Å². The number of ether oxygens (including phenoxy) is 1. The van der Waals surface area contributed by atoms with Gasteiger partial charge >= 0.3 is 0 Å². The zero-order valence-corrected chi connectivity index (χ0v) is 20.6. The second kappa shape index (κ2) is 11.5. The SMILES string of the molecule is CNC(C)(Cc1ccc2ccccc2c1)C(=O)N[C@H](Cc1ccccc1)C(=O)NCC1CCCO1. The molecule has 6 heteroatoms. The van der Waals surface area contributed by atoms with Gasteiger partial charge in [0.2, 0.25) is 11.8 Å². The van der Waals surface area contributed by atoms with Crippen LogP contribution in [0.1, 0.15) is 30.9 Å². The highest BCUT2D eigenvalue weighted by Gasteiger charge is 2.35. The van der Waals surface area contributed by atoms with Crippen LogP contribution < -0.4 is 16.0 Å². The first-order chi connectivity index (χ1) is 17.0. The van der Waals surface area contributed by atoms with Crippen molar-refractivity contribution in [2.45, 2.75) is 50.3 Å². The lowest BCUT2D eigenvalue weighted by atomic mass is 9.90. The number of benzene rings is 3. The van der Waals surface area contributed by atoms with E-state index in [0.29, 0.717) is 19.4 Å². The molecule has 1 saturated heterocycles. The number of nitrogens with one attached hydrogen (secondary N) is 3. The van der Waals surface area contributed by atoms with Crippen LogP contribution in [0.3, 0.4) is 0 Å². The van der Waals surface area contributed by atoms with Gasteiger partial charge in [0.15, 0.2) is 0 Å². The summed E-state index contributed by atoms with van der Waals surface area (Å²) in [5, 5.41) is 11.5. The van der Waals surface area contributed by atoms with Gasteiger partial charge in [0.1, 0.15) is 6.04 Å². The molecule has 3 atom stereocenters. The maximum Gasteiger partial charge on any atom is 0.243 e. The van der Waals surface area contributed by atoms with Crippen LogP contribution in [0.2, 0.25) is 0 Å². The first-order valence-electron chi connectivity index (χ1n) is 12.4. The average Bonchev–Trinajstić information content (AvgIpc) is 3.41. The summed E-state index contributed by atoms with van der Waals surface area (Å²) < 4.78 is 5.64. The van der Waals surface area contributed by atoms with Crippen LogP contribution in [0.25, 0.3) is 10.8 Å². The topological polar surface area (TPSA) is 79.5 Å². The van der Waals surface area contributed by atoms with Crippen LogP contribution >= 0.6 is 0 Å². The lowest BCUT2D eigenvalue weighted by molar-refractivity contribution is -0.132. The average molecular weight is 474 g/mol. The largest absolute Gasteiger partial charge is 0.376 e. The number of rotatable bonds is 10. The van der Waals surface area contributed by atoms with Crippen LogP contribution in [0.4, 0.5) is 0 Å². The standard InChI is InChI=1S/C29H35N3O3/c1-29(30-2,19-22-14-15-23-11-6-7-12-24(23)17-22)28(34)32-26(18-21-9-4-3-5-10-21)27(33)31-20-25-13-8-16-35-25/h3-7,9-12,14-15,17,25-26,30H,8,13,16,18-20H2,1-2H3,(H,31,33)(H,32,34)/t25?,26-,29?/m1/s1. The molecule has 1 aliphatic heterocycles. The molecule has 2 amide bonds. The number of hydrogen-bond donors (Lipinski definition) is 3. The highest BCUT2D eigenvalue weighted by atomic mass is 16.5. The Balaban J connectivity index is 1.48. The van der Waals surface area contributed by atoms with Gasteiger partial charge < -0.3 is 20.7 Å². The van der Waals surface area contributed by atoms with E-state index in [9.17, 15) is 9.59 Å². The van der Waals surface area contributed by atoms with Gasteiger partial charge in [-0.15, -0.1) is 0 Å². The van der Waals surface area contributed by atoms with Crippen LogP contribution in [0.15, 0.2) is 72.8 Å². The van der Waals surface area contributed by atoms with Gasteiger partial charge in [0.25, 0.3) is 0 Å². The van der Waals surface area contributed by atoms with E-state index in [1.165, 1.54) is 0 Å². The summed E-state index contributed by atoms with van der Waals surface area (Å²) in [5.41, 5.74) is 1.16. The number of carbonyl (C=O) groups excluding carboxylic acids is 2. The number of amides is 2. The summed E-state index contributed by atoms with van der Waals surface area (Å²) in [5.74, 6) is -0.400. The van der Waals surface area contributed by atoms with E-state index < -0.39 is 11.6 Å². The minimum absolute atomic E-state index is 0.0440. The third kappa shape index (κ3) is 6.47. The fourth-order valence-electron chi connectivity index (χ4n) is 4.56. The maximum atomic E-state index is 13.6. The molecule has 0 radical (unpaired) electrons. The summed E-state index contributed by atoms with van der Waals surface area (Å²) in [7, 11) is 1.78. The third-order valence-electron chi connectivity index (χ3n) is 6.86. The molecule has 0 saturated carbocycles. The number of fused-ring (bicyclic) bond motifs is 1. The van der Waals surface area contributed by atoms with E-state index in [0.717, 1.165) is 41.3 Å². The van der Waals surface area contributed by atoms with Gasteiger partial charge in [-0.25, -0.2) is 0 Å². The molecule has 1 heterocycles. The van der Waals surface area contributed by atoms with Crippen molar-refractivity contribution in [2.24, 2.45) is 0 Å². The Morgan fingerprint density at radius 1 is 1.00 bits per heavy atom. The zero-order valence-electron chi connectivity index (χ0n) is 20.6. The molecule has 1 aliphatic rings. The molecule has 184 valence electrons. The molecule has 35 heavy (non-hydrogen) atoms. The normalized spacial score (nSPS) is 18.1. The summed E-state index contributed by atoms with van der Waals surface area (Å²) in [6.45, 7) is 3.07. The van der Waals surface area contributed by atoms with Crippen molar-refractivity contribution in [3.05, 3.63) is 83.9 Å². The van der Waals surface area contributed by atoms with Crippen molar-refractivity contribution in [1.29, 1.82) is 0 Å². The number of hydrogen-bond acceptors (Lipinski definition) is 4. The van der Waals surface area contributed by atoms with E-state index >= 15 is 0 Å². The van der Waals surface area contributed by atoms with Crippen molar-refractivity contribution >= 4 is 22.6 Å². The monoisotopic (exact) mass is 473 g/mol. The summed E-state index contributed by atoms with van der Waals surface area (Å²) in [6, 6.07) is 23.5. The molecule has 0 aromatic heterocycles. The maximum absolute atomic E-state index is 13.6. The molecular formula is C29H35N3O3. The Bertz CT molecular complexity index is 1140. The molecule has 0 bridgehead atoms. The van der Waals surface area contributed by atoms with E-state index in [1.54, 1.807) is 7.05 Å². The van der Waals surface area contributed by atoms with E-state index in [2.05, 4.69) is 46.3 Å². The number of likely N-dealkylation sites (N-methyl/N-ethyl adjacent to an activating group) is 1. The van der Waals surface area contributed by atoms with E-state index in [1.807, 2.05) is 49.4 Å². The second-order valence-corrected chi connectivity index (χ2v) is 9.54. The van der Waals surface area contributed by atoms with Crippen LogP contribution in [0, 0.1) is 0 Å². The first kappa shape index (κ1) is 24.9. The fraction of sp³-hybridized carbons (Fsp3) is 0.379. The van der Waals surface area contributed by atoms with Crippen molar-refractivity contribution in [2.75, 3.05) is 20.2 Å². The van der Waals surface area contributed by atoms with Gasteiger partial charge in [0.05, 0.1) is 11.6 Å². The molecule has 2 unspecified atom stereocenters. The Morgan fingerprint density at radius 2 is 1.74 bits per heavy atom. The highest BCUT2D eigenvalue weighted by Crippen LogP contribution is 2.20. The lowest BCUT2D eigenvalue weighted by Crippen LogP contribution is -2.60. The third-order valence-corrected chi connectivity index (χ3v) is 6.86. The summed E-state index contributed by atoms with van der Waals surface area (Å²) in [4.78, 5) is 26.7. The molecule has 3 aromatic carbocycles. The molecular weight excluding hydrogens is 438 g/mol. The fourth-order valence-corrected chi connectivity index (χ4v) is 4.56. The summed E-state index contributed by atoms with van der Waals surface area (Å²) >= 11 is 0. The lowest BCUT2D eigenvalue weighted by Gasteiger charge is -2.31. The van der Waals surface area contributed by atoms with Crippen molar-refractivity contribution in [3.63, 3.8) is 0 Å². The van der Waals surface area contributed by atoms with Gasteiger partial charge in [-0.1, -0.05) is 72.8 Å². The highest BCUT2D eigenvalue weighted by molar-refractivity contribution is 5.92. The van der Waals surface area contributed by atoms with Gasteiger partial charge in [-0.05, 0) is 55.1 Å². The zero-order chi connectivity index (χ0) is 24.7. The Morgan fingerprint density at radius 3 is 2.46 bits per heavy atom. The smallest absolute Gasteiger partial charge is 0.243 e. The van der Waals surface area contributed by atoms with Gasteiger partial charge in [0, 0.05) is 19.6 Å². The Hall–Kier alpha value is -3.22. The quantitative estimate of drug-likeness (QED) is 0.422. The van der Waals surface area contributed by atoms with Gasteiger partial charge in [-0.3, -0.25) is 9.59 Å². The first-order valence-corrected chi connectivity index (χ1v) is 12.4. The minimum atomic E-state index is -0.883. The molecule has 0 spiro atoms. The molecule has 1 fully saturated rings. The predicted octanol–water partition coefficient (Wildman–Crippen LogP) is 3.38. The molecule has 3 N–H and O–H groups in total.